The minimum atomic E-state index is -1.09. The van der Waals surface area contributed by atoms with Crippen molar-refractivity contribution in [1.29, 1.82) is 0 Å². The molecule has 0 saturated heterocycles. The lowest BCUT2D eigenvalue weighted by Crippen LogP contribution is -2.35. The standard InChI is InChI=1S/C11H12BrNO4/c1-2-13(6-10(15)16)11(17)8-5-7(12)3-4-9(8)14/h3-5,14H,2,6H2,1H3,(H,15,16). The number of carbonyl (C=O) groups is 2. The van der Waals surface area contributed by atoms with Crippen LogP contribution < -0.4 is 0 Å². The van der Waals surface area contributed by atoms with Gasteiger partial charge in [0, 0.05) is 11.0 Å². The first-order chi connectivity index (χ1) is 7.95. The number of aromatic hydroxyl groups is 1. The molecule has 0 spiro atoms. The van der Waals surface area contributed by atoms with E-state index in [0.717, 1.165) is 4.90 Å². The first-order valence-electron chi connectivity index (χ1n) is 4.95. The van der Waals surface area contributed by atoms with Gasteiger partial charge in [-0.25, -0.2) is 0 Å². The second kappa shape index (κ2) is 5.67. The zero-order valence-corrected chi connectivity index (χ0v) is 10.8. The number of hydrogen-bond acceptors (Lipinski definition) is 3. The van der Waals surface area contributed by atoms with E-state index in [0.29, 0.717) is 4.47 Å². The molecule has 0 heterocycles. The lowest BCUT2D eigenvalue weighted by atomic mass is 10.1. The van der Waals surface area contributed by atoms with Crippen molar-refractivity contribution in [2.45, 2.75) is 6.92 Å². The lowest BCUT2D eigenvalue weighted by Gasteiger charge is -2.19. The molecule has 92 valence electrons. The summed E-state index contributed by atoms with van der Waals surface area (Å²) in [5.74, 6) is -1.76. The average molecular weight is 302 g/mol. The molecule has 0 atom stereocenters. The van der Waals surface area contributed by atoms with Gasteiger partial charge < -0.3 is 15.1 Å². The van der Waals surface area contributed by atoms with Gasteiger partial charge in [-0.15, -0.1) is 0 Å². The minimum absolute atomic E-state index is 0.0856. The van der Waals surface area contributed by atoms with E-state index >= 15 is 0 Å². The Labute approximate surface area is 107 Å². The highest BCUT2D eigenvalue weighted by Gasteiger charge is 2.19. The summed E-state index contributed by atoms with van der Waals surface area (Å²) in [6.45, 7) is 1.55. The van der Waals surface area contributed by atoms with Gasteiger partial charge >= 0.3 is 5.97 Å². The molecule has 1 aromatic rings. The van der Waals surface area contributed by atoms with E-state index < -0.39 is 11.9 Å². The van der Waals surface area contributed by atoms with Gasteiger partial charge in [0.25, 0.3) is 5.91 Å². The van der Waals surface area contributed by atoms with Crippen molar-refractivity contribution < 1.29 is 19.8 Å². The fraction of sp³-hybridized carbons (Fsp3) is 0.273. The monoisotopic (exact) mass is 301 g/mol. The summed E-state index contributed by atoms with van der Waals surface area (Å²) >= 11 is 3.19. The fourth-order valence-corrected chi connectivity index (χ4v) is 1.70. The second-order valence-electron chi connectivity index (χ2n) is 3.37. The molecule has 5 nitrogen and oxygen atoms in total. The van der Waals surface area contributed by atoms with Crippen LogP contribution in [0.4, 0.5) is 0 Å². The molecule has 0 bridgehead atoms. The summed E-state index contributed by atoms with van der Waals surface area (Å²) in [5.41, 5.74) is 0.0856. The highest BCUT2D eigenvalue weighted by atomic mass is 79.9. The van der Waals surface area contributed by atoms with E-state index in [1.54, 1.807) is 13.0 Å². The summed E-state index contributed by atoms with van der Waals surface area (Å²) in [6.07, 6.45) is 0. The van der Waals surface area contributed by atoms with E-state index in [1.165, 1.54) is 12.1 Å². The Morgan fingerprint density at radius 3 is 2.59 bits per heavy atom. The molecular formula is C11H12BrNO4. The summed E-state index contributed by atoms with van der Waals surface area (Å²) in [5, 5.41) is 18.2. The largest absolute Gasteiger partial charge is 0.507 e. The molecule has 1 amide bonds. The fourth-order valence-electron chi connectivity index (χ4n) is 1.34. The number of hydrogen-bond donors (Lipinski definition) is 2. The Bertz CT molecular complexity index is 447. The molecule has 1 aromatic carbocycles. The van der Waals surface area contributed by atoms with Crippen LogP contribution in [0.2, 0.25) is 0 Å². The highest BCUT2D eigenvalue weighted by molar-refractivity contribution is 9.10. The molecule has 2 N–H and O–H groups in total. The number of carboxylic acid groups (broad SMARTS) is 1. The van der Waals surface area contributed by atoms with Crippen molar-refractivity contribution >= 4 is 27.8 Å². The first kappa shape index (κ1) is 13.5. The van der Waals surface area contributed by atoms with Gasteiger partial charge in [0.05, 0.1) is 5.56 Å². The van der Waals surface area contributed by atoms with Crippen LogP contribution in [0.1, 0.15) is 17.3 Å². The molecule has 1 rings (SSSR count). The van der Waals surface area contributed by atoms with Gasteiger partial charge in [0.15, 0.2) is 0 Å². The van der Waals surface area contributed by atoms with Gasteiger partial charge in [0.1, 0.15) is 12.3 Å². The molecule has 0 saturated carbocycles. The first-order valence-corrected chi connectivity index (χ1v) is 5.74. The Balaban J connectivity index is 3.01. The average Bonchev–Trinajstić information content (AvgIpc) is 2.28. The van der Waals surface area contributed by atoms with Crippen LogP contribution in [0.15, 0.2) is 22.7 Å². The number of halogens is 1. The minimum Gasteiger partial charge on any atom is -0.507 e. The maximum atomic E-state index is 12.0. The number of carbonyl (C=O) groups excluding carboxylic acids is 1. The Morgan fingerprint density at radius 1 is 1.41 bits per heavy atom. The summed E-state index contributed by atoms with van der Waals surface area (Å²) in [7, 11) is 0. The summed E-state index contributed by atoms with van der Waals surface area (Å²) < 4.78 is 0.644. The number of aliphatic carboxylic acids is 1. The predicted molar refractivity (Wildman–Crippen MR) is 65.0 cm³/mol. The van der Waals surface area contributed by atoms with Crippen LogP contribution in [-0.4, -0.2) is 40.1 Å². The van der Waals surface area contributed by atoms with Gasteiger partial charge in [-0.1, -0.05) is 15.9 Å². The SMILES string of the molecule is CCN(CC(=O)O)C(=O)c1cc(Br)ccc1O. The molecule has 0 aliphatic heterocycles. The number of rotatable bonds is 4. The molecule has 0 aliphatic rings. The third-order valence-corrected chi connectivity index (χ3v) is 2.68. The van der Waals surface area contributed by atoms with E-state index in [2.05, 4.69) is 15.9 Å². The maximum absolute atomic E-state index is 12.0. The smallest absolute Gasteiger partial charge is 0.323 e. The third-order valence-electron chi connectivity index (χ3n) is 2.18. The van der Waals surface area contributed by atoms with Gasteiger partial charge in [-0.05, 0) is 25.1 Å². The number of phenolic OH excluding ortho intramolecular Hbond substituents is 1. The lowest BCUT2D eigenvalue weighted by molar-refractivity contribution is -0.137. The number of carboxylic acids is 1. The number of phenols is 1. The van der Waals surface area contributed by atoms with E-state index in [1.807, 2.05) is 0 Å². The van der Waals surface area contributed by atoms with E-state index in [-0.39, 0.29) is 24.4 Å². The topological polar surface area (TPSA) is 77.8 Å². The van der Waals surface area contributed by atoms with Gasteiger partial charge in [-0.2, -0.15) is 0 Å². The van der Waals surface area contributed by atoms with Crippen LogP contribution in [0.25, 0.3) is 0 Å². The van der Waals surface area contributed by atoms with Crippen molar-refractivity contribution in [1.82, 2.24) is 4.90 Å². The Hall–Kier alpha value is -1.56. The molecule has 0 aromatic heterocycles. The van der Waals surface area contributed by atoms with E-state index in [9.17, 15) is 14.7 Å². The van der Waals surface area contributed by atoms with Crippen LogP contribution >= 0.6 is 15.9 Å². The molecule has 6 heteroatoms. The molecule has 0 radical (unpaired) electrons. The zero-order valence-electron chi connectivity index (χ0n) is 9.18. The van der Waals surface area contributed by atoms with Crippen molar-refractivity contribution in [3.8, 4) is 5.75 Å². The Kier molecular flexibility index (Phi) is 4.51. The van der Waals surface area contributed by atoms with Crippen LogP contribution in [0.5, 0.6) is 5.75 Å². The molecular weight excluding hydrogens is 290 g/mol. The van der Waals surface area contributed by atoms with Gasteiger partial charge in [-0.3, -0.25) is 9.59 Å². The molecule has 0 unspecified atom stereocenters. The third kappa shape index (κ3) is 3.45. The normalized spacial score (nSPS) is 10.0. The summed E-state index contributed by atoms with van der Waals surface area (Å²) in [4.78, 5) is 23.7. The summed E-state index contributed by atoms with van der Waals surface area (Å²) in [6, 6.07) is 4.44. The Morgan fingerprint density at radius 2 is 2.06 bits per heavy atom. The number of benzene rings is 1. The quantitative estimate of drug-likeness (QED) is 0.887. The maximum Gasteiger partial charge on any atom is 0.323 e. The highest BCUT2D eigenvalue weighted by Crippen LogP contribution is 2.23. The second-order valence-corrected chi connectivity index (χ2v) is 4.29. The van der Waals surface area contributed by atoms with Crippen molar-refractivity contribution in [3.63, 3.8) is 0 Å². The number of nitrogens with zero attached hydrogens (tertiary/aromatic N) is 1. The van der Waals surface area contributed by atoms with Crippen molar-refractivity contribution in [2.24, 2.45) is 0 Å². The molecule has 17 heavy (non-hydrogen) atoms. The number of amides is 1. The van der Waals surface area contributed by atoms with E-state index in [4.69, 9.17) is 5.11 Å². The molecule has 0 aliphatic carbocycles. The molecule has 0 fully saturated rings. The van der Waals surface area contributed by atoms with Crippen LogP contribution in [0, 0.1) is 0 Å². The predicted octanol–water partition coefficient (Wildman–Crippen LogP) is 1.70. The van der Waals surface area contributed by atoms with Crippen LogP contribution in [0.3, 0.4) is 0 Å². The van der Waals surface area contributed by atoms with Gasteiger partial charge in [0.2, 0.25) is 0 Å². The van der Waals surface area contributed by atoms with Crippen molar-refractivity contribution in [3.05, 3.63) is 28.2 Å². The van der Waals surface area contributed by atoms with Crippen molar-refractivity contribution in [2.75, 3.05) is 13.1 Å². The van der Waals surface area contributed by atoms with Crippen LogP contribution in [-0.2, 0) is 4.79 Å². The zero-order chi connectivity index (χ0) is 13.0. The number of likely N-dealkylation sites (N-methyl/N-ethyl adjacent to an activating group) is 1.